The third kappa shape index (κ3) is 3.65. The Bertz CT molecular complexity index is 928. The SMILES string of the molecule is N#CC1(C(=O)N2C[C@@H]3CCN(C(=O)C[C@H]([NH])Cc4cc(F)c(F)cc4F)[C@@H]3C2)CC1. The number of carbonyl (C=O) groups is 2. The Labute approximate surface area is 172 Å². The Morgan fingerprint density at radius 3 is 2.57 bits per heavy atom. The maximum atomic E-state index is 13.8. The van der Waals surface area contributed by atoms with E-state index >= 15 is 0 Å². The van der Waals surface area contributed by atoms with E-state index < -0.39 is 28.9 Å². The summed E-state index contributed by atoms with van der Waals surface area (Å²) in [4.78, 5) is 28.7. The van der Waals surface area contributed by atoms with Gasteiger partial charge in [-0.15, -0.1) is 0 Å². The van der Waals surface area contributed by atoms with Crippen LogP contribution in [-0.4, -0.2) is 53.3 Å². The topological polar surface area (TPSA) is 88.2 Å². The first-order chi connectivity index (χ1) is 14.2. The molecule has 9 heteroatoms. The van der Waals surface area contributed by atoms with Crippen LogP contribution in [0.4, 0.5) is 13.2 Å². The second kappa shape index (κ2) is 7.58. The zero-order valence-corrected chi connectivity index (χ0v) is 16.3. The van der Waals surface area contributed by atoms with Crippen molar-refractivity contribution in [1.82, 2.24) is 15.5 Å². The first-order valence-electron chi connectivity index (χ1n) is 10.1. The van der Waals surface area contributed by atoms with Gasteiger partial charge in [0.05, 0.1) is 12.1 Å². The molecule has 3 fully saturated rings. The number of nitrogens with one attached hydrogen (secondary N) is 1. The van der Waals surface area contributed by atoms with Crippen LogP contribution in [0.5, 0.6) is 0 Å². The van der Waals surface area contributed by atoms with Crippen molar-refractivity contribution in [2.45, 2.75) is 44.2 Å². The third-order valence-corrected chi connectivity index (χ3v) is 6.51. The smallest absolute Gasteiger partial charge is 0.243 e. The zero-order valence-electron chi connectivity index (χ0n) is 16.3. The van der Waals surface area contributed by atoms with Crippen LogP contribution in [0.1, 0.15) is 31.2 Å². The number of fused-ring (bicyclic) bond motifs is 1. The number of likely N-dealkylation sites (tertiary alicyclic amines) is 2. The van der Waals surface area contributed by atoms with Crippen molar-refractivity contribution < 1.29 is 22.8 Å². The first kappa shape index (κ1) is 20.7. The summed E-state index contributed by atoms with van der Waals surface area (Å²) in [7, 11) is 0. The van der Waals surface area contributed by atoms with Gasteiger partial charge >= 0.3 is 0 Å². The van der Waals surface area contributed by atoms with E-state index in [-0.39, 0.29) is 42.2 Å². The largest absolute Gasteiger partial charge is 0.339 e. The Morgan fingerprint density at radius 2 is 1.90 bits per heavy atom. The molecule has 1 radical (unpaired) electrons. The maximum Gasteiger partial charge on any atom is 0.243 e. The average molecular weight is 419 g/mol. The van der Waals surface area contributed by atoms with Crippen LogP contribution in [-0.2, 0) is 16.0 Å². The maximum absolute atomic E-state index is 13.8. The number of hydrogen-bond donors (Lipinski definition) is 0. The minimum atomic E-state index is -1.29. The number of hydrogen-bond acceptors (Lipinski definition) is 3. The molecular formula is C21H22F3N4O2. The van der Waals surface area contributed by atoms with Crippen molar-refractivity contribution >= 4 is 11.8 Å². The molecule has 1 aromatic carbocycles. The van der Waals surface area contributed by atoms with Crippen molar-refractivity contribution in [2.75, 3.05) is 19.6 Å². The highest BCUT2D eigenvalue weighted by Crippen LogP contribution is 2.47. The van der Waals surface area contributed by atoms with E-state index in [1.807, 2.05) is 0 Å². The highest BCUT2D eigenvalue weighted by atomic mass is 19.2. The van der Waals surface area contributed by atoms with Gasteiger partial charge < -0.3 is 9.80 Å². The number of benzene rings is 1. The van der Waals surface area contributed by atoms with Crippen LogP contribution in [0.2, 0.25) is 0 Å². The summed E-state index contributed by atoms with van der Waals surface area (Å²) >= 11 is 0. The van der Waals surface area contributed by atoms with Crippen molar-refractivity contribution in [3.8, 4) is 6.07 Å². The van der Waals surface area contributed by atoms with Crippen molar-refractivity contribution in [1.29, 1.82) is 5.26 Å². The minimum absolute atomic E-state index is 0.134. The van der Waals surface area contributed by atoms with Gasteiger partial charge in [0.15, 0.2) is 11.6 Å². The lowest BCUT2D eigenvalue weighted by Gasteiger charge is -2.26. The molecule has 30 heavy (non-hydrogen) atoms. The highest BCUT2D eigenvalue weighted by Gasteiger charge is 2.55. The van der Waals surface area contributed by atoms with Crippen LogP contribution in [0, 0.1) is 40.1 Å². The van der Waals surface area contributed by atoms with Gasteiger partial charge in [0.25, 0.3) is 0 Å². The molecule has 3 aliphatic rings. The van der Waals surface area contributed by atoms with E-state index in [9.17, 15) is 28.0 Å². The van der Waals surface area contributed by atoms with Gasteiger partial charge in [0.2, 0.25) is 11.8 Å². The summed E-state index contributed by atoms with van der Waals surface area (Å²) in [6.45, 7) is 1.45. The molecule has 3 atom stereocenters. The minimum Gasteiger partial charge on any atom is -0.339 e. The molecular weight excluding hydrogens is 397 g/mol. The highest BCUT2D eigenvalue weighted by molar-refractivity contribution is 5.88. The number of rotatable bonds is 5. The van der Waals surface area contributed by atoms with Crippen LogP contribution in [0.3, 0.4) is 0 Å². The molecule has 1 N–H and O–H groups in total. The molecule has 4 rings (SSSR count). The van der Waals surface area contributed by atoms with Gasteiger partial charge in [-0.05, 0) is 37.3 Å². The number of carbonyl (C=O) groups excluding carboxylic acids is 2. The van der Waals surface area contributed by atoms with Gasteiger partial charge in [-0.25, -0.2) is 13.2 Å². The lowest BCUT2D eigenvalue weighted by molar-refractivity contribution is -0.136. The standard InChI is InChI=1S/C21H22F3N4O2/c22-15-8-17(24)16(23)6-13(15)5-14(26)7-19(29)28-4-1-12-9-27(10-18(12)28)20(30)21(11-25)2-3-21/h6,8,12,14,18,26H,1-5,7,9-10H2/t12-,14+,18+/m0/s1. The molecule has 2 saturated heterocycles. The molecule has 0 spiro atoms. The molecule has 2 amide bonds. The summed E-state index contributed by atoms with van der Waals surface area (Å²) in [5, 5.41) is 9.25. The van der Waals surface area contributed by atoms with Crippen LogP contribution in [0.25, 0.3) is 0 Å². The van der Waals surface area contributed by atoms with Crippen LogP contribution in [0.15, 0.2) is 12.1 Å². The van der Waals surface area contributed by atoms with Crippen molar-refractivity contribution in [2.24, 2.45) is 11.3 Å². The quantitative estimate of drug-likeness (QED) is 0.685. The lowest BCUT2D eigenvalue weighted by atomic mass is 10.0. The number of nitrogens with zero attached hydrogens (tertiary/aromatic N) is 3. The third-order valence-electron chi connectivity index (χ3n) is 6.51. The molecule has 2 aliphatic heterocycles. The monoisotopic (exact) mass is 419 g/mol. The Kier molecular flexibility index (Phi) is 5.22. The molecule has 0 aromatic heterocycles. The Morgan fingerprint density at radius 1 is 1.20 bits per heavy atom. The lowest BCUT2D eigenvalue weighted by Crippen LogP contribution is -2.43. The average Bonchev–Trinajstić information content (AvgIpc) is 3.23. The molecule has 6 nitrogen and oxygen atoms in total. The predicted molar refractivity (Wildman–Crippen MR) is 99.0 cm³/mol. The van der Waals surface area contributed by atoms with Gasteiger partial charge in [-0.2, -0.15) is 5.26 Å². The summed E-state index contributed by atoms with van der Waals surface area (Å²) in [6, 6.07) is 2.15. The summed E-state index contributed by atoms with van der Waals surface area (Å²) in [5.41, 5.74) is 7.09. The van der Waals surface area contributed by atoms with Crippen LogP contribution < -0.4 is 5.73 Å². The Hall–Kier alpha value is -2.60. The van der Waals surface area contributed by atoms with Crippen LogP contribution >= 0.6 is 0 Å². The molecule has 159 valence electrons. The fraction of sp³-hybridized carbons (Fsp3) is 0.571. The first-order valence-corrected chi connectivity index (χ1v) is 10.1. The predicted octanol–water partition coefficient (Wildman–Crippen LogP) is 2.05. The van der Waals surface area contributed by atoms with Gasteiger partial charge in [0.1, 0.15) is 11.2 Å². The normalized spacial score (nSPS) is 25.0. The molecule has 1 aromatic rings. The summed E-state index contributed by atoms with van der Waals surface area (Å²) < 4.78 is 40.2. The fourth-order valence-electron chi connectivity index (χ4n) is 4.62. The number of nitriles is 1. The Balaban J connectivity index is 1.36. The van der Waals surface area contributed by atoms with Gasteiger partial charge in [0, 0.05) is 44.1 Å². The van der Waals surface area contributed by atoms with Gasteiger partial charge in [-0.3, -0.25) is 15.3 Å². The fourth-order valence-corrected chi connectivity index (χ4v) is 4.62. The molecule has 1 aliphatic carbocycles. The van der Waals surface area contributed by atoms with E-state index in [2.05, 4.69) is 6.07 Å². The molecule has 2 heterocycles. The van der Waals surface area contributed by atoms with E-state index in [1.54, 1.807) is 9.80 Å². The number of amides is 2. The van der Waals surface area contributed by atoms with Crippen molar-refractivity contribution in [3.05, 3.63) is 35.1 Å². The second-order valence-corrected chi connectivity index (χ2v) is 8.57. The second-order valence-electron chi connectivity index (χ2n) is 8.57. The van der Waals surface area contributed by atoms with Crippen molar-refractivity contribution in [3.63, 3.8) is 0 Å². The number of halogens is 3. The van der Waals surface area contributed by atoms with E-state index in [0.717, 1.165) is 12.5 Å². The molecule has 0 unspecified atom stereocenters. The molecule has 0 bridgehead atoms. The zero-order chi connectivity index (χ0) is 21.6. The van der Waals surface area contributed by atoms with Gasteiger partial charge in [-0.1, -0.05) is 0 Å². The van der Waals surface area contributed by atoms with E-state index in [4.69, 9.17) is 5.73 Å². The molecule has 1 saturated carbocycles. The summed E-state index contributed by atoms with van der Waals surface area (Å²) in [5.74, 6) is -3.67. The van der Waals surface area contributed by atoms with E-state index in [0.29, 0.717) is 38.5 Å². The van der Waals surface area contributed by atoms with E-state index in [1.165, 1.54) is 0 Å². The summed E-state index contributed by atoms with van der Waals surface area (Å²) in [6.07, 6.45) is 1.54.